The quantitative estimate of drug-likeness (QED) is 0.668. The van der Waals surface area contributed by atoms with Crippen LogP contribution in [0, 0.1) is 13.8 Å². The third kappa shape index (κ3) is 1.91. The van der Waals surface area contributed by atoms with Gasteiger partial charge in [0.25, 0.3) is 0 Å². The lowest BCUT2D eigenvalue weighted by Crippen LogP contribution is -2.13. The molecule has 1 aromatic carbocycles. The fourth-order valence-corrected chi connectivity index (χ4v) is 2.86. The highest BCUT2D eigenvalue weighted by molar-refractivity contribution is 6.31. The number of halogens is 1. The molecule has 1 aliphatic rings. The monoisotopic (exact) mass is 223 g/mol. The summed E-state index contributed by atoms with van der Waals surface area (Å²) < 4.78 is 0. The molecule has 82 valence electrons. The van der Waals surface area contributed by atoms with E-state index >= 15 is 0 Å². The molecule has 1 aromatic rings. The van der Waals surface area contributed by atoms with Gasteiger partial charge in [0.15, 0.2) is 0 Å². The van der Waals surface area contributed by atoms with Gasteiger partial charge in [0.05, 0.1) is 0 Å². The van der Waals surface area contributed by atoms with Crippen LogP contribution in [0.4, 0.5) is 0 Å². The summed E-state index contributed by atoms with van der Waals surface area (Å²) in [4.78, 5) is 0. The van der Waals surface area contributed by atoms with Crippen LogP contribution in [0.25, 0.3) is 0 Å². The zero-order valence-corrected chi connectivity index (χ0v) is 10.2. The summed E-state index contributed by atoms with van der Waals surface area (Å²) in [5.41, 5.74) is 11.5. The predicted octanol–water partition coefficient (Wildman–Crippen LogP) is 3.68. The second-order valence-corrected chi connectivity index (χ2v) is 4.95. The highest BCUT2D eigenvalue weighted by Crippen LogP contribution is 2.35. The Morgan fingerprint density at radius 1 is 1.33 bits per heavy atom. The van der Waals surface area contributed by atoms with Crippen molar-refractivity contribution in [1.29, 1.82) is 0 Å². The van der Waals surface area contributed by atoms with Crippen LogP contribution in [0.15, 0.2) is 6.07 Å². The van der Waals surface area contributed by atoms with Gasteiger partial charge in [0.1, 0.15) is 0 Å². The van der Waals surface area contributed by atoms with Gasteiger partial charge in [-0.1, -0.05) is 18.0 Å². The summed E-state index contributed by atoms with van der Waals surface area (Å²) in [6, 6.07) is 2.26. The van der Waals surface area contributed by atoms with Crippen LogP contribution in [0.1, 0.15) is 47.6 Å². The average molecular weight is 224 g/mol. The van der Waals surface area contributed by atoms with Gasteiger partial charge >= 0.3 is 0 Å². The summed E-state index contributed by atoms with van der Waals surface area (Å²) >= 11 is 6.21. The van der Waals surface area contributed by atoms with E-state index in [9.17, 15) is 0 Å². The molecule has 0 saturated carbocycles. The Morgan fingerprint density at radius 3 is 2.80 bits per heavy atom. The van der Waals surface area contributed by atoms with Crippen LogP contribution in [0.5, 0.6) is 0 Å². The number of aryl methyl sites for hydroxylation is 1. The van der Waals surface area contributed by atoms with Gasteiger partial charge in [0, 0.05) is 11.1 Å². The lowest BCUT2D eigenvalue weighted by molar-refractivity contribution is 0.613. The molecule has 2 N–H and O–H groups in total. The molecule has 0 aromatic heterocycles. The van der Waals surface area contributed by atoms with E-state index in [0.29, 0.717) is 0 Å². The van der Waals surface area contributed by atoms with Gasteiger partial charge in [-0.05, 0) is 61.4 Å². The minimum atomic E-state index is 0.180. The van der Waals surface area contributed by atoms with Crippen LogP contribution >= 0.6 is 11.6 Å². The summed E-state index contributed by atoms with van der Waals surface area (Å²) in [5, 5.41) is 0.864. The van der Waals surface area contributed by atoms with Crippen molar-refractivity contribution in [3.05, 3.63) is 33.3 Å². The number of hydrogen-bond acceptors (Lipinski definition) is 1. The highest BCUT2D eigenvalue weighted by Gasteiger charge is 2.20. The topological polar surface area (TPSA) is 26.0 Å². The molecule has 0 heterocycles. The van der Waals surface area contributed by atoms with Crippen LogP contribution in [-0.4, -0.2) is 0 Å². The average Bonchev–Trinajstić information content (AvgIpc) is 2.37. The Bertz CT molecular complexity index is 385. The molecule has 1 nitrogen and oxygen atoms in total. The Labute approximate surface area is 96.6 Å². The zero-order chi connectivity index (χ0) is 11.0. The van der Waals surface area contributed by atoms with Gasteiger partial charge in [-0.2, -0.15) is 0 Å². The van der Waals surface area contributed by atoms with Crippen molar-refractivity contribution >= 4 is 11.6 Å². The minimum Gasteiger partial charge on any atom is -0.324 e. The van der Waals surface area contributed by atoms with E-state index in [1.165, 1.54) is 35.1 Å². The van der Waals surface area contributed by atoms with Crippen molar-refractivity contribution in [2.24, 2.45) is 5.73 Å². The molecular weight excluding hydrogens is 206 g/mol. The molecular formula is C13H18ClN. The predicted molar refractivity (Wildman–Crippen MR) is 65.4 cm³/mol. The summed E-state index contributed by atoms with van der Waals surface area (Å²) in [6.07, 6.45) is 4.73. The van der Waals surface area contributed by atoms with E-state index in [-0.39, 0.29) is 6.04 Å². The smallest absolute Gasteiger partial charge is 0.0441 e. The van der Waals surface area contributed by atoms with Gasteiger partial charge in [-0.3, -0.25) is 0 Å². The van der Waals surface area contributed by atoms with Gasteiger partial charge in [-0.15, -0.1) is 0 Å². The molecule has 0 unspecified atom stereocenters. The molecule has 1 aliphatic carbocycles. The van der Waals surface area contributed by atoms with Gasteiger partial charge in [0.2, 0.25) is 0 Å². The molecule has 0 saturated heterocycles. The largest absolute Gasteiger partial charge is 0.324 e. The molecule has 0 amide bonds. The van der Waals surface area contributed by atoms with Crippen molar-refractivity contribution in [3.8, 4) is 0 Å². The lowest BCUT2D eigenvalue weighted by Gasteiger charge is -2.19. The number of fused-ring (bicyclic) bond motifs is 1. The Morgan fingerprint density at radius 2 is 2.07 bits per heavy atom. The van der Waals surface area contributed by atoms with Crippen LogP contribution in [0.3, 0.4) is 0 Å². The van der Waals surface area contributed by atoms with E-state index in [1.807, 2.05) is 0 Å². The van der Waals surface area contributed by atoms with Crippen molar-refractivity contribution in [1.82, 2.24) is 0 Å². The third-order valence-corrected chi connectivity index (χ3v) is 3.86. The lowest BCUT2D eigenvalue weighted by atomic mass is 9.91. The van der Waals surface area contributed by atoms with Crippen LogP contribution < -0.4 is 5.73 Å². The Kier molecular flexibility index (Phi) is 3.03. The maximum absolute atomic E-state index is 6.23. The molecule has 0 aliphatic heterocycles. The summed E-state index contributed by atoms with van der Waals surface area (Å²) in [5.74, 6) is 0. The van der Waals surface area contributed by atoms with Crippen molar-refractivity contribution in [2.45, 2.75) is 45.6 Å². The fourth-order valence-electron chi connectivity index (χ4n) is 2.60. The van der Waals surface area contributed by atoms with E-state index in [2.05, 4.69) is 19.9 Å². The first-order valence-corrected chi connectivity index (χ1v) is 6.03. The molecule has 15 heavy (non-hydrogen) atoms. The van der Waals surface area contributed by atoms with E-state index in [1.54, 1.807) is 0 Å². The zero-order valence-electron chi connectivity index (χ0n) is 9.44. The standard InChI is InChI=1S/C13H18ClN/c1-8-7-11(14)9(2)13-10(8)5-3-4-6-12(13)15/h7,12H,3-6,15H2,1-2H3/t12-/m0/s1. The second kappa shape index (κ2) is 4.15. The maximum atomic E-state index is 6.23. The van der Waals surface area contributed by atoms with E-state index in [4.69, 9.17) is 17.3 Å². The first-order valence-electron chi connectivity index (χ1n) is 5.65. The van der Waals surface area contributed by atoms with Crippen LogP contribution in [0.2, 0.25) is 5.02 Å². The number of hydrogen-bond donors (Lipinski definition) is 1. The summed E-state index contributed by atoms with van der Waals surface area (Å²) in [7, 11) is 0. The van der Waals surface area contributed by atoms with Gasteiger partial charge in [-0.25, -0.2) is 0 Å². The third-order valence-electron chi connectivity index (χ3n) is 3.47. The number of nitrogens with two attached hydrogens (primary N) is 1. The highest BCUT2D eigenvalue weighted by atomic mass is 35.5. The number of rotatable bonds is 0. The molecule has 0 bridgehead atoms. The minimum absolute atomic E-state index is 0.180. The van der Waals surface area contributed by atoms with Crippen LogP contribution in [-0.2, 0) is 6.42 Å². The SMILES string of the molecule is Cc1cc(Cl)c(C)c2c1CCCC[C@@H]2N. The Hall–Kier alpha value is -0.530. The maximum Gasteiger partial charge on any atom is 0.0441 e. The van der Waals surface area contributed by atoms with Crippen molar-refractivity contribution in [3.63, 3.8) is 0 Å². The first kappa shape index (κ1) is 11.0. The first-order chi connectivity index (χ1) is 7.11. The molecule has 1 atom stereocenters. The number of benzene rings is 1. The molecule has 0 radical (unpaired) electrons. The van der Waals surface area contributed by atoms with Crippen molar-refractivity contribution < 1.29 is 0 Å². The van der Waals surface area contributed by atoms with Gasteiger partial charge < -0.3 is 5.73 Å². The molecule has 2 heteroatoms. The molecule has 0 fully saturated rings. The molecule has 0 spiro atoms. The normalized spacial score (nSPS) is 20.9. The molecule has 2 rings (SSSR count). The fraction of sp³-hybridized carbons (Fsp3) is 0.538. The second-order valence-electron chi connectivity index (χ2n) is 4.54. The Balaban J connectivity index is 2.63. The summed E-state index contributed by atoms with van der Waals surface area (Å²) in [6.45, 7) is 4.23. The van der Waals surface area contributed by atoms with Crippen molar-refractivity contribution in [2.75, 3.05) is 0 Å². The van der Waals surface area contributed by atoms with E-state index in [0.717, 1.165) is 17.9 Å². The van der Waals surface area contributed by atoms with E-state index < -0.39 is 0 Å².